The molecule has 0 radical (unpaired) electrons. The molecule has 0 heterocycles. The fraction of sp³-hybridized carbons (Fsp3) is 0.333. The summed E-state index contributed by atoms with van der Waals surface area (Å²) >= 11 is 0. The van der Waals surface area contributed by atoms with Crippen molar-refractivity contribution in [3.05, 3.63) is 65.7 Å². The first-order chi connectivity index (χ1) is 10.2. The highest BCUT2D eigenvalue weighted by Gasteiger charge is 2.09. The quantitative estimate of drug-likeness (QED) is 0.820. The average Bonchev–Trinajstić information content (AvgIpc) is 2.50. The predicted octanol–water partition coefficient (Wildman–Crippen LogP) is 3.26. The zero-order valence-corrected chi connectivity index (χ0v) is 12.8. The third-order valence-corrected chi connectivity index (χ3v) is 3.29. The van der Waals surface area contributed by atoms with Crippen molar-refractivity contribution < 1.29 is 4.74 Å². The van der Waals surface area contributed by atoms with Crippen LogP contribution in [0.5, 0.6) is 5.75 Å². The monoisotopic (exact) mass is 284 g/mol. The van der Waals surface area contributed by atoms with Crippen LogP contribution in [0.25, 0.3) is 0 Å². The molecule has 0 saturated heterocycles. The minimum Gasteiger partial charge on any atom is -0.491 e. The fourth-order valence-electron chi connectivity index (χ4n) is 2.23. The van der Waals surface area contributed by atoms with Gasteiger partial charge in [0.25, 0.3) is 0 Å². The van der Waals surface area contributed by atoms with Crippen molar-refractivity contribution in [3.63, 3.8) is 0 Å². The van der Waals surface area contributed by atoms with Crippen molar-refractivity contribution in [3.8, 4) is 5.75 Å². The molecule has 0 saturated carbocycles. The van der Waals surface area contributed by atoms with Crippen LogP contribution in [0, 0.1) is 0 Å². The van der Waals surface area contributed by atoms with Crippen LogP contribution < -0.4 is 15.8 Å². The van der Waals surface area contributed by atoms with E-state index >= 15 is 0 Å². The van der Waals surface area contributed by atoms with E-state index in [1.165, 1.54) is 11.1 Å². The van der Waals surface area contributed by atoms with E-state index in [4.69, 9.17) is 10.5 Å². The maximum atomic E-state index is 5.89. The van der Waals surface area contributed by atoms with Gasteiger partial charge in [-0.1, -0.05) is 42.5 Å². The van der Waals surface area contributed by atoms with E-state index in [1.807, 2.05) is 44.2 Å². The molecule has 1 unspecified atom stereocenters. The van der Waals surface area contributed by atoms with Gasteiger partial charge in [0.2, 0.25) is 0 Å². The predicted molar refractivity (Wildman–Crippen MR) is 87.3 cm³/mol. The summed E-state index contributed by atoms with van der Waals surface area (Å²) in [5.41, 5.74) is 8.34. The fourth-order valence-corrected chi connectivity index (χ4v) is 2.23. The second kappa shape index (κ2) is 7.81. The smallest absolute Gasteiger partial charge is 0.119 e. The van der Waals surface area contributed by atoms with Crippen LogP contribution in [0.15, 0.2) is 54.6 Å². The Morgan fingerprint density at radius 3 is 2.24 bits per heavy atom. The molecular weight excluding hydrogens is 260 g/mol. The normalized spacial score (nSPS) is 12.4. The van der Waals surface area contributed by atoms with Crippen molar-refractivity contribution in [1.29, 1.82) is 0 Å². The Morgan fingerprint density at radius 1 is 1.00 bits per heavy atom. The van der Waals surface area contributed by atoms with E-state index in [2.05, 4.69) is 29.6 Å². The van der Waals surface area contributed by atoms with Crippen LogP contribution in [0.3, 0.4) is 0 Å². The summed E-state index contributed by atoms with van der Waals surface area (Å²) in [6.45, 7) is 5.43. The molecule has 0 aliphatic heterocycles. The van der Waals surface area contributed by atoms with Crippen LogP contribution in [-0.2, 0) is 6.54 Å². The van der Waals surface area contributed by atoms with E-state index in [-0.39, 0.29) is 12.1 Å². The van der Waals surface area contributed by atoms with Crippen molar-refractivity contribution in [2.75, 3.05) is 6.54 Å². The molecule has 0 aliphatic carbocycles. The van der Waals surface area contributed by atoms with Crippen LogP contribution in [0.4, 0.5) is 0 Å². The first-order valence-electron chi connectivity index (χ1n) is 7.43. The van der Waals surface area contributed by atoms with E-state index in [0.29, 0.717) is 6.54 Å². The molecule has 2 aromatic carbocycles. The molecule has 1 atom stereocenters. The third-order valence-electron chi connectivity index (χ3n) is 3.29. The van der Waals surface area contributed by atoms with E-state index in [9.17, 15) is 0 Å². The van der Waals surface area contributed by atoms with Gasteiger partial charge in [0.05, 0.1) is 6.10 Å². The molecule has 3 nitrogen and oxygen atoms in total. The minimum atomic E-state index is 0.151. The largest absolute Gasteiger partial charge is 0.491 e. The third kappa shape index (κ3) is 4.88. The molecule has 0 bridgehead atoms. The summed E-state index contributed by atoms with van der Waals surface area (Å²) in [5.74, 6) is 0.896. The standard InChI is InChI=1S/C18H24N2O/c1-14(2)21-17-10-8-16(9-11-17)18(12-19)20-13-15-6-4-3-5-7-15/h3-11,14,18,20H,12-13,19H2,1-2H3. The highest BCUT2D eigenvalue weighted by atomic mass is 16.5. The van der Waals surface area contributed by atoms with Crippen molar-refractivity contribution in [2.45, 2.75) is 32.5 Å². The lowest BCUT2D eigenvalue weighted by atomic mass is 10.1. The number of benzene rings is 2. The lowest BCUT2D eigenvalue weighted by Crippen LogP contribution is -2.27. The summed E-state index contributed by atoms with van der Waals surface area (Å²) in [5, 5.41) is 3.50. The van der Waals surface area contributed by atoms with Crippen LogP contribution in [0.1, 0.15) is 31.0 Å². The lowest BCUT2D eigenvalue weighted by Gasteiger charge is -2.18. The molecule has 0 spiro atoms. The highest BCUT2D eigenvalue weighted by Crippen LogP contribution is 2.18. The maximum Gasteiger partial charge on any atom is 0.119 e. The molecule has 2 rings (SSSR count). The van der Waals surface area contributed by atoms with E-state index in [1.54, 1.807) is 0 Å². The van der Waals surface area contributed by atoms with Crippen molar-refractivity contribution >= 4 is 0 Å². The summed E-state index contributed by atoms with van der Waals surface area (Å²) < 4.78 is 5.66. The van der Waals surface area contributed by atoms with Gasteiger partial charge < -0.3 is 15.8 Å². The molecule has 0 fully saturated rings. The number of nitrogens with two attached hydrogens (primary N) is 1. The highest BCUT2D eigenvalue weighted by molar-refractivity contribution is 5.29. The van der Waals surface area contributed by atoms with Crippen LogP contribution >= 0.6 is 0 Å². The average molecular weight is 284 g/mol. The van der Waals surface area contributed by atoms with Gasteiger partial charge in [0.15, 0.2) is 0 Å². The van der Waals surface area contributed by atoms with Crippen LogP contribution in [-0.4, -0.2) is 12.6 Å². The van der Waals surface area contributed by atoms with Gasteiger partial charge in [0.1, 0.15) is 5.75 Å². The first kappa shape index (κ1) is 15.5. The Morgan fingerprint density at radius 2 is 1.67 bits per heavy atom. The Kier molecular flexibility index (Phi) is 5.78. The molecule has 2 aromatic rings. The number of hydrogen-bond donors (Lipinski definition) is 2. The zero-order valence-electron chi connectivity index (χ0n) is 12.8. The number of nitrogens with one attached hydrogen (secondary N) is 1. The summed E-state index contributed by atoms with van der Waals surface area (Å²) in [4.78, 5) is 0. The minimum absolute atomic E-state index is 0.151. The molecule has 0 aliphatic rings. The van der Waals surface area contributed by atoms with Gasteiger partial charge in [-0.05, 0) is 37.1 Å². The van der Waals surface area contributed by atoms with Gasteiger partial charge in [-0.2, -0.15) is 0 Å². The molecular formula is C18H24N2O. The Labute approximate surface area is 127 Å². The zero-order chi connectivity index (χ0) is 15.1. The second-order valence-electron chi connectivity index (χ2n) is 5.39. The lowest BCUT2D eigenvalue weighted by molar-refractivity contribution is 0.242. The Hall–Kier alpha value is -1.84. The second-order valence-corrected chi connectivity index (χ2v) is 5.39. The Balaban J connectivity index is 1.97. The maximum absolute atomic E-state index is 5.89. The number of rotatable bonds is 7. The first-order valence-corrected chi connectivity index (χ1v) is 7.43. The number of ether oxygens (including phenoxy) is 1. The van der Waals surface area contributed by atoms with Gasteiger partial charge in [-0.15, -0.1) is 0 Å². The molecule has 0 amide bonds. The summed E-state index contributed by atoms with van der Waals surface area (Å²) in [7, 11) is 0. The van der Waals surface area contributed by atoms with Gasteiger partial charge in [-0.25, -0.2) is 0 Å². The molecule has 112 valence electrons. The van der Waals surface area contributed by atoms with Gasteiger partial charge in [0, 0.05) is 19.1 Å². The molecule has 3 heteroatoms. The Bertz CT molecular complexity index is 523. The number of hydrogen-bond acceptors (Lipinski definition) is 3. The SMILES string of the molecule is CC(C)Oc1ccc(C(CN)NCc2ccccc2)cc1. The molecule has 21 heavy (non-hydrogen) atoms. The van der Waals surface area contributed by atoms with Gasteiger partial charge >= 0.3 is 0 Å². The molecule has 3 N–H and O–H groups in total. The van der Waals surface area contributed by atoms with Crippen LogP contribution in [0.2, 0.25) is 0 Å². The van der Waals surface area contributed by atoms with Crippen molar-refractivity contribution in [2.24, 2.45) is 5.73 Å². The van der Waals surface area contributed by atoms with E-state index in [0.717, 1.165) is 12.3 Å². The summed E-state index contributed by atoms with van der Waals surface area (Å²) in [6, 6.07) is 18.7. The topological polar surface area (TPSA) is 47.3 Å². The van der Waals surface area contributed by atoms with Gasteiger partial charge in [-0.3, -0.25) is 0 Å². The molecule has 0 aromatic heterocycles. The van der Waals surface area contributed by atoms with Crippen molar-refractivity contribution in [1.82, 2.24) is 5.32 Å². The summed E-state index contributed by atoms with van der Waals surface area (Å²) in [6.07, 6.45) is 0.192. The van der Waals surface area contributed by atoms with E-state index < -0.39 is 0 Å².